The summed E-state index contributed by atoms with van der Waals surface area (Å²) in [6, 6.07) is 11.0. The van der Waals surface area contributed by atoms with Crippen LogP contribution in [0, 0.1) is 11.6 Å². The van der Waals surface area contributed by atoms with Crippen molar-refractivity contribution in [3.05, 3.63) is 54.1 Å². The molecule has 88 valence electrons. The fourth-order valence-electron chi connectivity index (χ4n) is 1.25. The third kappa shape index (κ3) is 2.44. The molecule has 0 fully saturated rings. The number of anilines is 2. The van der Waals surface area contributed by atoms with Gasteiger partial charge in [0.1, 0.15) is 17.2 Å². The predicted molar refractivity (Wildman–Crippen MR) is 61.5 cm³/mol. The topological polar surface area (TPSA) is 47.3 Å². The summed E-state index contributed by atoms with van der Waals surface area (Å²) in [5.41, 5.74) is 7.03. The van der Waals surface area contributed by atoms with E-state index < -0.39 is 17.3 Å². The minimum Gasteiger partial charge on any atom is -0.394 e. The average molecular weight is 236 g/mol. The van der Waals surface area contributed by atoms with Crippen molar-refractivity contribution in [2.24, 2.45) is 0 Å². The Morgan fingerprint density at radius 3 is 2.41 bits per heavy atom. The first kappa shape index (κ1) is 11.2. The van der Waals surface area contributed by atoms with Crippen LogP contribution < -0.4 is 16.1 Å². The summed E-state index contributed by atoms with van der Waals surface area (Å²) in [6.45, 7) is 0. The third-order valence-corrected chi connectivity index (χ3v) is 2.15. The largest absolute Gasteiger partial charge is 0.394 e. The smallest absolute Gasteiger partial charge is 0.175 e. The van der Waals surface area contributed by atoms with E-state index in [4.69, 9.17) is 10.6 Å². The van der Waals surface area contributed by atoms with Gasteiger partial charge < -0.3 is 10.6 Å². The highest BCUT2D eigenvalue weighted by Gasteiger charge is 2.10. The van der Waals surface area contributed by atoms with Crippen molar-refractivity contribution in [2.45, 2.75) is 0 Å². The molecule has 0 aliphatic rings. The van der Waals surface area contributed by atoms with Crippen molar-refractivity contribution in [1.29, 1.82) is 0 Å². The molecule has 0 radical (unpaired) electrons. The van der Waals surface area contributed by atoms with Crippen molar-refractivity contribution in [1.82, 2.24) is 0 Å². The van der Waals surface area contributed by atoms with Gasteiger partial charge in [-0.1, -0.05) is 18.2 Å². The number of nitrogens with two attached hydrogens (primary N) is 1. The molecule has 0 unspecified atom stereocenters. The first-order valence-corrected chi connectivity index (χ1v) is 4.90. The van der Waals surface area contributed by atoms with Gasteiger partial charge in [0.25, 0.3) is 0 Å². The molecule has 0 amide bonds. The summed E-state index contributed by atoms with van der Waals surface area (Å²) < 4.78 is 26.3. The second kappa shape index (κ2) is 4.69. The Kier molecular flexibility index (Phi) is 3.09. The Morgan fingerprint density at radius 1 is 1.00 bits per heavy atom. The number of halogens is 2. The molecule has 0 saturated heterocycles. The molecule has 2 rings (SSSR count). The highest BCUT2D eigenvalue weighted by atomic mass is 19.1. The molecule has 0 atom stereocenters. The number of para-hydroxylation sites is 1. The molecule has 0 aliphatic heterocycles. The molecule has 0 aromatic heterocycles. The second-order valence-corrected chi connectivity index (χ2v) is 3.34. The maximum Gasteiger partial charge on any atom is 0.175 e. The van der Waals surface area contributed by atoms with Gasteiger partial charge in [-0.3, -0.25) is 0 Å². The van der Waals surface area contributed by atoms with Gasteiger partial charge in [-0.05, 0) is 24.3 Å². The molecule has 2 aromatic carbocycles. The Balaban J connectivity index is 2.13. The number of nitrogens with one attached hydrogen (secondary N) is 1. The van der Waals surface area contributed by atoms with Crippen LogP contribution in [0.3, 0.4) is 0 Å². The molecule has 0 bridgehead atoms. The van der Waals surface area contributed by atoms with Crippen LogP contribution in [-0.4, -0.2) is 0 Å². The minimum absolute atomic E-state index is 0.0206. The first-order valence-electron chi connectivity index (χ1n) is 4.90. The first-order chi connectivity index (χ1) is 8.18. The molecule has 2 aromatic rings. The lowest BCUT2D eigenvalue weighted by Crippen LogP contribution is -2.08. The van der Waals surface area contributed by atoms with E-state index in [2.05, 4.69) is 5.48 Å². The van der Waals surface area contributed by atoms with Crippen LogP contribution in [0.1, 0.15) is 0 Å². The van der Waals surface area contributed by atoms with Gasteiger partial charge in [0.15, 0.2) is 11.6 Å². The maximum absolute atomic E-state index is 13.5. The van der Waals surface area contributed by atoms with Crippen molar-refractivity contribution < 1.29 is 13.6 Å². The zero-order chi connectivity index (χ0) is 12.3. The van der Waals surface area contributed by atoms with E-state index in [1.54, 1.807) is 24.3 Å². The highest BCUT2D eigenvalue weighted by molar-refractivity contribution is 5.56. The Labute approximate surface area is 96.8 Å². The summed E-state index contributed by atoms with van der Waals surface area (Å²) in [4.78, 5) is 5.10. The van der Waals surface area contributed by atoms with Crippen molar-refractivity contribution >= 4 is 11.4 Å². The van der Waals surface area contributed by atoms with Crippen molar-refractivity contribution in [3.8, 4) is 5.75 Å². The Bertz CT molecular complexity index is 517. The Morgan fingerprint density at radius 2 is 1.71 bits per heavy atom. The van der Waals surface area contributed by atoms with E-state index in [9.17, 15) is 8.78 Å². The minimum atomic E-state index is -0.874. The molecular weight excluding hydrogens is 226 g/mol. The van der Waals surface area contributed by atoms with Crippen LogP contribution in [0.2, 0.25) is 0 Å². The number of benzene rings is 2. The average Bonchev–Trinajstić information content (AvgIpc) is 2.36. The quantitative estimate of drug-likeness (QED) is 0.636. The highest BCUT2D eigenvalue weighted by Crippen LogP contribution is 2.23. The van der Waals surface area contributed by atoms with Gasteiger partial charge in [-0.25, -0.2) is 14.3 Å². The predicted octanol–water partition coefficient (Wildman–Crippen LogP) is 2.95. The lowest BCUT2D eigenvalue weighted by atomic mass is 10.2. The zero-order valence-electron chi connectivity index (χ0n) is 8.78. The van der Waals surface area contributed by atoms with E-state index in [0.29, 0.717) is 5.75 Å². The third-order valence-electron chi connectivity index (χ3n) is 2.15. The molecule has 5 heteroatoms. The van der Waals surface area contributed by atoms with Crippen LogP contribution in [-0.2, 0) is 0 Å². The number of rotatable bonds is 3. The van der Waals surface area contributed by atoms with E-state index >= 15 is 0 Å². The molecule has 0 saturated carbocycles. The fraction of sp³-hybridized carbons (Fsp3) is 0. The van der Waals surface area contributed by atoms with Gasteiger partial charge in [0.2, 0.25) is 0 Å². The SMILES string of the molecule is Nc1c(F)ccc(NOc2ccccc2)c1F. The van der Waals surface area contributed by atoms with Gasteiger partial charge in [-0.2, -0.15) is 0 Å². The van der Waals surface area contributed by atoms with Gasteiger partial charge in [-0.15, -0.1) is 0 Å². The fourth-order valence-corrected chi connectivity index (χ4v) is 1.25. The summed E-state index contributed by atoms with van der Waals surface area (Å²) in [7, 11) is 0. The van der Waals surface area contributed by atoms with Crippen LogP contribution in [0.15, 0.2) is 42.5 Å². The van der Waals surface area contributed by atoms with E-state index in [-0.39, 0.29) is 5.69 Å². The van der Waals surface area contributed by atoms with Gasteiger partial charge in [0.05, 0.1) is 0 Å². The molecule has 3 nitrogen and oxygen atoms in total. The number of hydrogen-bond acceptors (Lipinski definition) is 3. The van der Waals surface area contributed by atoms with Gasteiger partial charge in [0, 0.05) is 0 Å². The molecule has 17 heavy (non-hydrogen) atoms. The van der Waals surface area contributed by atoms with E-state index in [1.807, 2.05) is 6.07 Å². The van der Waals surface area contributed by atoms with Crippen LogP contribution >= 0.6 is 0 Å². The lowest BCUT2D eigenvalue weighted by Gasteiger charge is -2.10. The molecule has 3 N–H and O–H groups in total. The van der Waals surface area contributed by atoms with E-state index in [0.717, 1.165) is 6.07 Å². The summed E-state index contributed by atoms with van der Waals surface area (Å²) in [5, 5.41) is 0. The monoisotopic (exact) mass is 236 g/mol. The maximum atomic E-state index is 13.5. The summed E-state index contributed by atoms with van der Waals surface area (Å²) >= 11 is 0. The van der Waals surface area contributed by atoms with E-state index in [1.165, 1.54) is 6.07 Å². The van der Waals surface area contributed by atoms with Gasteiger partial charge >= 0.3 is 0 Å². The second-order valence-electron chi connectivity index (χ2n) is 3.34. The molecular formula is C12H10F2N2O. The standard InChI is InChI=1S/C12H10F2N2O/c13-9-6-7-10(11(14)12(9)15)16-17-8-4-2-1-3-5-8/h1-7,16H,15H2. The van der Waals surface area contributed by atoms with Crippen LogP contribution in [0.4, 0.5) is 20.2 Å². The molecule has 0 spiro atoms. The zero-order valence-corrected chi connectivity index (χ0v) is 8.78. The Hall–Kier alpha value is -2.30. The normalized spacial score (nSPS) is 10.0. The molecule has 0 aliphatic carbocycles. The summed E-state index contributed by atoms with van der Waals surface area (Å²) in [5.74, 6) is -1.16. The van der Waals surface area contributed by atoms with Crippen molar-refractivity contribution in [3.63, 3.8) is 0 Å². The van der Waals surface area contributed by atoms with Crippen LogP contribution in [0.5, 0.6) is 5.75 Å². The van der Waals surface area contributed by atoms with Crippen molar-refractivity contribution in [2.75, 3.05) is 11.2 Å². The van der Waals surface area contributed by atoms with Crippen LogP contribution in [0.25, 0.3) is 0 Å². The number of nitrogen functional groups attached to an aromatic ring is 1. The lowest BCUT2D eigenvalue weighted by molar-refractivity contribution is 0.400. The number of hydrogen-bond donors (Lipinski definition) is 2. The summed E-state index contributed by atoms with van der Waals surface area (Å²) in [6.07, 6.45) is 0. The molecule has 0 heterocycles.